The molecule has 1 amide bonds. The molecule has 1 aromatic carbocycles. The van der Waals surface area contributed by atoms with Crippen LogP contribution in [0.3, 0.4) is 0 Å². The molecule has 4 N–H and O–H groups in total. The minimum Gasteiger partial charge on any atom is -0.492 e. The molecule has 0 saturated carbocycles. The minimum absolute atomic E-state index is 0.169. The molecule has 0 aromatic heterocycles. The van der Waals surface area contributed by atoms with E-state index in [0.29, 0.717) is 50.0 Å². The van der Waals surface area contributed by atoms with Crippen molar-refractivity contribution in [1.29, 1.82) is 0 Å². The molecule has 32 heavy (non-hydrogen) atoms. The summed E-state index contributed by atoms with van der Waals surface area (Å²) in [5.41, 5.74) is 7.28. The van der Waals surface area contributed by atoms with E-state index in [1.807, 2.05) is 19.9 Å². The van der Waals surface area contributed by atoms with Gasteiger partial charge in [0, 0.05) is 30.6 Å². The summed E-state index contributed by atoms with van der Waals surface area (Å²) >= 11 is 0. The first-order valence-electron chi connectivity index (χ1n) is 11.2. The van der Waals surface area contributed by atoms with Crippen molar-refractivity contribution in [2.75, 3.05) is 32.8 Å². The smallest absolute Gasteiger partial charge is 0.415 e. The molecule has 1 aliphatic carbocycles. The first-order valence-corrected chi connectivity index (χ1v) is 11.2. The molecule has 2 atom stereocenters. The van der Waals surface area contributed by atoms with Crippen LogP contribution in [0, 0.1) is 11.7 Å². The molecular formula is C23H32FN5O3. The van der Waals surface area contributed by atoms with Crippen LogP contribution in [0.2, 0.25) is 0 Å². The maximum Gasteiger partial charge on any atom is 0.415 e. The molecular weight excluding hydrogens is 413 g/mol. The highest BCUT2D eigenvalue weighted by atomic mass is 19.1. The number of nitrogens with two attached hydrogens (primary N) is 1. The number of nitrogens with one attached hydrogen (secondary N) is 2. The Morgan fingerprint density at radius 2 is 2.25 bits per heavy atom. The number of carbonyl (C=O) groups excluding carboxylic acids is 1. The standard InChI is InChI=1S/C23H32FN5O3/c1-23(2,25)14-31-18-9-16-7-15(8-19(16)20(24)10-18)11-26-4-3-17-13-29(22(30)32-17)21-12-27-5-6-28-21/h6,9-10,12,15,17,26-27H,3-5,7-8,11,13-14,25H2,1-2H3/t15?,17-/m1/s1. The van der Waals surface area contributed by atoms with Crippen molar-refractivity contribution in [3.05, 3.63) is 41.1 Å². The van der Waals surface area contributed by atoms with Gasteiger partial charge in [-0.1, -0.05) is 0 Å². The zero-order valence-electron chi connectivity index (χ0n) is 18.7. The molecule has 2 aliphatic heterocycles. The summed E-state index contributed by atoms with van der Waals surface area (Å²) in [7, 11) is 0. The van der Waals surface area contributed by atoms with Gasteiger partial charge in [0.15, 0.2) is 5.82 Å². The molecule has 1 aromatic rings. The van der Waals surface area contributed by atoms with Crippen LogP contribution in [0.5, 0.6) is 5.75 Å². The zero-order valence-corrected chi connectivity index (χ0v) is 18.7. The largest absolute Gasteiger partial charge is 0.492 e. The second-order valence-corrected chi connectivity index (χ2v) is 9.43. The van der Waals surface area contributed by atoms with Crippen LogP contribution in [0.25, 0.3) is 0 Å². The number of carbonyl (C=O) groups is 1. The van der Waals surface area contributed by atoms with Gasteiger partial charge in [0.2, 0.25) is 0 Å². The predicted molar refractivity (Wildman–Crippen MR) is 120 cm³/mol. The van der Waals surface area contributed by atoms with E-state index < -0.39 is 5.54 Å². The van der Waals surface area contributed by atoms with Gasteiger partial charge in [0.1, 0.15) is 24.3 Å². The second kappa shape index (κ2) is 9.46. The number of amides is 1. The van der Waals surface area contributed by atoms with E-state index in [2.05, 4.69) is 15.6 Å². The lowest BCUT2D eigenvalue weighted by atomic mass is 10.1. The molecule has 0 radical (unpaired) electrons. The lowest BCUT2D eigenvalue weighted by Crippen LogP contribution is -2.38. The van der Waals surface area contributed by atoms with E-state index in [0.717, 1.165) is 30.6 Å². The molecule has 1 saturated heterocycles. The highest BCUT2D eigenvalue weighted by molar-refractivity contribution is 5.73. The van der Waals surface area contributed by atoms with Crippen molar-refractivity contribution >= 4 is 12.3 Å². The molecule has 0 spiro atoms. The second-order valence-electron chi connectivity index (χ2n) is 9.43. The summed E-state index contributed by atoms with van der Waals surface area (Å²) in [6.07, 6.45) is 5.17. The third kappa shape index (κ3) is 5.58. The fourth-order valence-electron chi connectivity index (χ4n) is 4.20. The van der Waals surface area contributed by atoms with Crippen molar-refractivity contribution in [3.63, 3.8) is 0 Å². The van der Waals surface area contributed by atoms with E-state index in [4.69, 9.17) is 15.2 Å². The number of nitrogens with zero attached hydrogens (tertiary/aromatic N) is 2. The Morgan fingerprint density at radius 1 is 1.41 bits per heavy atom. The minimum atomic E-state index is -0.468. The molecule has 174 valence electrons. The lowest BCUT2D eigenvalue weighted by molar-refractivity contribution is 0.130. The highest BCUT2D eigenvalue weighted by Crippen LogP contribution is 2.32. The van der Waals surface area contributed by atoms with Gasteiger partial charge >= 0.3 is 6.09 Å². The average molecular weight is 446 g/mol. The van der Waals surface area contributed by atoms with Crippen LogP contribution in [0.1, 0.15) is 31.4 Å². The van der Waals surface area contributed by atoms with Crippen LogP contribution in [-0.2, 0) is 17.6 Å². The summed E-state index contributed by atoms with van der Waals surface area (Å²) in [4.78, 5) is 17.9. The maximum absolute atomic E-state index is 14.6. The average Bonchev–Trinajstić information content (AvgIpc) is 3.33. The third-order valence-corrected chi connectivity index (χ3v) is 5.76. The van der Waals surface area contributed by atoms with E-state index in [9.17, 15) is 9.18 Å². The summed E-state index contributed by atoms with van der Waals surface area (Å²) < 4.78 is 25.7. The van der Waals surface area contributed by atoms with Gasteiger partial charge in [-0.25, -0.2) is 14.2 Å². The number of halogens is 1. The number of aliphatic imine (C=N–C) groups is 1. The highest BCUT2D eigenvalue weighted by Gasteiger charge is 2.33. The maximum atomic E-state index is 14.6. The number of ether oxygens (including phenoxy) is 2. The summed E-state index contributed by atoms with van der Waals surface area (Å²) in [6.45, 7) is 6.75. The summed E-state index contributed by atoms with van der Waals surface area (Å²) in [5, 5.41) is 6.49. The van der Waals surface area contributed by atoms with Gasteiger partial charge in [-0.15, -0.1) is 0 Å². The van der Waals surface area contributed by atoms with Gasteiger partial charge < -0.3 is 25.8 Å². The lowest BCUT2D eigenvalue weighted by Gasteiger charge is -2.19. The number of rotatable bonds is 9. The van der Waals surface area contributed by atoms with Gasteiger partial charge in [0.25, 0.3) is 0 Å². The van der Waals surface area contributed by atoms with E-state index in [1.54, 1.807) is 17.3 Å². The summed E-state index contributed by atoms with van der Waals surface area (Å²) in [5.74, 6) is 1.24. The van der Waals surface area contributed by atoms with E-state index in [1.165, 1.54) is 6.07 Å². The predicted octanol–water partition coefficient (Wildman–Crippen LogP) is 1.93. The SMILES string of the molecule is CC(C)(N)COc1cc(F)c2c(c1)CC(CNCC[C@@H]1CN(C3=CNCC=N3)C(=O)O1)C2. The fraction of sp³-hybridized carbons (Fsp3) is 0.565. The van der Waals surface area contributed by atoms with Crippen LogP contribution < -0.4 is 21.1 Å². The quantitative estimate of drug-likeness (QED) is 0.502. The van der Waals surface area contributed by atoms with Gasteiger partial charge in [0.05, 0.1) is 6.54 Å². The number of hydrogen-bond donors (Lipinski definition) is 3. The van der Waals surface area contributed by atoms with Crippen molar-refractivity contribution in [1.82, 2.24) is 15.5 Å². The first kappa shape index (κ1) is 22.5. The van der Waals surface area contributed by atoms with Crippen LogP contribution >= 0.6 is 0 Å². The molecule has 1 fully saturated rings. The van der Waals surface area contributed by atoms with Crippen molar-refractivity contribution < 1.29 is 18.7 Å². The van der Waals surface area contributed by atoms with Crippen LogP contribution in [0.15, 0.2) is 29.1 Å². The Hall–Kier alpha value is -2.65. The van der Waals surface area contributed by atoms with E-state index >= 15 is 0 Å². The zero-order chi connectivity index (χ0) is 22.7. The van der Waals surface area contributed by atoms with Crippen molar-refractivity contribution in [2.24, 2.45) is 16.6 Å². The Kier molecular flexibility index (Phi) is 6.66. The van der Waals surface area contributed by atoms with Gasteiger partial charge in [-0.05, 0) is 69.3 Å². The molecule has 1 unspecified atom stereocenters. The monoisotopic (exact) mass is 445 g/mol. The van der Waals surface area contributed by atoms with Crippen molar-refractivity contribution in [2.45, 2.75) is 44.8 Å². The van der Waals surface area contributed by atoms with Crippen molar-refractivity contribution in [3.8, 4) is 5.75 Å². The third-order valence-electron chi connectivity index (χ3n) is 5.76. The summed E-state index contributed by atoms with van der Waals surface area (Å²) in [6, 6.07) is 3.40. The van der Waals surface area contributed by atoms with Gasteiger partial charge in [-0.3, -0.25) is 4.90 Å². The fourth-order valence-corrected chi connectivity index (χ4v) is 4.20. The van der Waals surface area contributed by atoms with E-state index in [-0.39, 0.29) is 18.0 Å². The number of cyclic esters (lactones) is 1. The normalized spacial score (nSPS) is 22.4. The molecule has 3 aliphatic rings. The molecule has 8 nitrogen and oxygen atoms in total. The molecule has 0 bridgehead atoms. The molecule has 2 heterocycles. The molecule has 4 rings (SSSR count). The Balaban J connectivity index is 1.20. The van der Waals surface area contributed by atoms with Crippen LogP contribution in [-0.4, -0.2) is 61.6 Å². The number of hydrogen-bond acceptors (Lipinski definition) is 7. The Labute approximate surface area is 188 Å². The van der Waals surface area contributed by atoms with Gasteiger partial charge in [-0.2, -0.15) is 0 Å². The Morgan fingerprint density at radius 3 is 3.00 bits per heavy atom. The molecule has 9 heteroatoms. The first-order chi connectivity index (χ1) is 15.3. The Bertz CT molecular complexity index is 912. The topological polar surface area (TPSA) is 101 Å². The number of benzene rings is 1. The number of fused-ring (bicyclic) bond motifs is 1. The van der Waals surface area contributed by atoms with Crippen LogP contribution in [0.4, 0.5) is 9.18 Å².